The van der Waals surface area contributed by atoms with Crippen LogP contribution in [0.2, 0.25) is 0 Å². The van der Waals surface area contributed by atoms with E-state index in [4.69, 9.17) is 0 Å². The number of carbonyl (C=O) groups is 1. The van der Waals surface area contributed by atoms with Gasteiger partial charge in [-0.3, -0.25) is 4.79 Å². The average molecular weight is 299 g/mol. The van der Waals surface area contributed by atoms with Gasteiger partial charge in [-0.05, 0) is 32.8 Å². The summed E-state index contributed by atoms with van der Waals surface area (Å²) >= 11 is 0. The molecule has 0 aromatic carbocycles. The van der Waals surface area contributed by atoms with Crippen molar-refractivity contribution < 1.29 is 4.79 Å². The van der Waals surface area contributed by atoms with Gasteiger partial charge < -0.3 is 5.32 Å². The Labute approximate surface area is 130 Å². The highest BCUT2D eigenvalue weighted by Gasteiger charge is 2.21. The first-order chi connectivity index (χ1) is 10.6. The number of nitrogens with zero attached hydrogens (tertiary/aromatic N) is 4. The summed E-state index contributed by atoms with van der Waals surface area (Å²) in [6, 6.07) is 3.75. The van der Waals surface area contributed by atoms with Crippen LogP contribution in [0.4, 0.5) is 5.82 Å². The molecule has 0 atom stereocenters. The Bertz CT molecular complexity index is 673. The van der Waals surface area contributed by atoms with Crippen molar-refractivity contribution in [2.24, 2.45) is 5.92 Å². The molecule has 6 heteroatoms. The Hall–Kier alpha value is -2.24. The first kappa shape index (κ1) is 14.7. The molecule has 6 nitrogen and oxygen atoms in total. The maximum atomic E-state index is 12.3. The summed E-state index contributed by atoms with van der Waals surface area (Å²) in [4.78, 5) is 20.7. The molecular formula is C16H21N5O. The highest BCUT2D eigenvalue weighted by molar-refractivity contribution is 5.91. The second kappa shape index (κ2) is 6.25. The zero-order valence-corrected chi connectivity index (χ0v) is 13.0. The SMILES string of the molecule is Cc1cc(C)n(-c2cc(NC(=O)C3CCCCC3)ncn2)n1. The van der Waals surface area contributed by atoms with Gasteiger partial charge in [-0.15, -0.1) is 0 Å². The molecular weight excluding hydrogens is 278 g/mol. The number of carbonyl (C=O) groups excluding carboxylic acids is 1. The van der Waals surface area contributed by atoms with Gasteiger partial charge in [-0.2, -0.15) is 5.10 Å². The molecule has 1 aliphatic rings. The number of hydrogen-bond acceptors (Lipinski definition) is 4. The number of aromatic nitrogens is 4. The Morgan fingerprint density at radius 3 is 2.64 bits per heavy atom. The van der Waals surface area contributed by atoms with Crippen LogP contribution < -0.4 is 5.32 Å². The van der Waals surface area contributed by atoms with Crippen molar-refractivity contribution in [2.45, 2.75) is 46.0 Å². The monoisotopic (exact) mass is 299 g/mol. The van der Waals surface area contributed by atoms with Crippen LogP contribution in [0.1, 0.15) is 43.5 Å². The second-order valence-corrected chi connectivity index (χ2v) is 5.92. The first-order valence-electron chi connectivity index (χ1n) is 7.80. The van der Waals surface area contributed by atoms with Crippen molar-refractivity contribution >= 4 is 11.7 Å². The summed E-state index contributed by atoms with van der Waals surface area (Å²) in [5.74, 6) is 1.38. The van der Waals surface area contributed by atoms with Crippen LogP contribution in [0, 0.1) is 19.8 Å². The zero-order chi connectivity index (χ0) is 15.5. The van der Waals surface area contributed by atoms with Gasteiger partial charge in [0, 0.05) is 17.7 Å². The second-order valence-electron chi connectivity index (χ2n) is 5.92. The fourth-order valence-electron chi connectivity index (χ4n) is 2.99. The van der Waals surface area contributed by atoms with E-state index in [2.05, 4.69) is 20.4 Å². The molecule has 0 aliphatic heterocycles. The number of aryl methyl sites for hydroxylation is 2. The van der Waals surface area contributed by atoms with Crippen LogP contribution >= 0.6 is 0 Å². The van der Waals surface area contributed by atoms with E-state index in [1.165, 1.54) is 12.7 Å². The van der Waals surface area contributed by atoms with Gasteiger partial charge in [0.25, 0.3) is 0 Å². The highest BCUT2D eigenvalue weighted by atomic mass is 16.1. The molecule has 1 aliphatic carbocycles. The predicted octanol–water partition coefficient (Wildman–Crippen LogP) is 2.80. The molecule has 2 aromatic rings. The minimum absolute atomic E-state index is 0.0673. The molecule has 0 bridgehead atoms. The van der Waals surface area contributed by atoms with Crippen LogP contribution in [0.25, 0.3) is 5.82 Å². The molecule has 2 heterocycles. The molecule has 0 unspecified atom stereocenters. The third-order valence-electron chi connectivity index (χ3n) is 4.11. The molecule has 1 N–H and O–H groups in total. The summed E-state index contributed by atoms with van der Waals surface area (Å²) in [6.07, 6.45) is 6.92. The zero-order valence-electron chi connectivity index (χ0n) is 13.0. The largest absolute Gasteiger partial charge is 0.310 e. The Morgan fingerprint density at radius 1 is 1.18 bits per heavy atom. The van der Waals surface area contributed by atoms with Crippen molar-refractivity contribution in [3.05, 3.63) is 29.8 Å². The molecule has 2 aromatic heterocycles. The minimum Gasteiger partial charge on any atom is -0.310 e. The number of rotatable bonds is 3. The van der Waals surface area contributed by atoms with E-state index in [0.717, 1.165) is 37.1 Å². The average Bonchev–Trinajstić information content (AvgIpc) is 2.87. The number of amides is 1. The Balaban J connectivity index is 1.76. The van der Waals surface area contributed by atoms with Crippen LogP contribution in [0.3, 0.4) is 0 Å². The minimum atomic E-state index is 0.0673. The Kier molecular flexibility index (Phi) is 4.18. The maximum absolute atomic E-state index is 12.3. The lowest BCUT2D eigenvalue weighted by Crippen LogP contribution is -2.25. The quantitative estimate of drug-likeness (QED) is 0.946. The van der Waals surface area contributed by atoms with Crippen molar-refractivity contribution in [3.8, 4) is 5.82 Å². The van der Waals surface area contributed by atoms with Gasteiger partial charge >= 0.3 is 0 Å². The smallest absolute Gasteiger partial charge is 0.228 e. The summed E-state index contributed by atoms with van der Waals surface area (Å²) in [7, 11) is 0. The molecule has 116 valence electrons. The van der Waals surface area contributed by atoms with Gasteiger partial charge in [-0.1, -0.05) is 19.3 Å². The standard InChI is InChI=1S/C16H21N5O/c1-11-8-12(2)21(20-11)15-9-14(17-10-18-15)19-16(22)13-6-4-3-5-7-13/h8-10,13H,3-7H2,1-2H3,(H,17,18,19,22). The van der Waals surface area contributed by atoms with Crippen LogP contribution in [-0.2, 0) is 4.79 Å². The normalized spacial score (nSPS) is 15.7. The third kappa shape index (κ3) is 3.16. The molecule has 0 spiro atoms. The van der Waals surface area contributed by atoms with E-state index in [-0.39, 0.29) is 11.8 Å². The van der Waals surface area contributed by atoms with Gasteiger partial charge in [0.2, 0.25) is 5.91 Å². The summed E-state index contributed by atoms with van der Waals surface area (Å²) in [6.45, 7) is 3.92. The van der Waals surface area contributed by atoms with Gasteiger partial charge in [0.1, 0.15) is 12.1 Å². The van der Waals surface area contributed by atoms with Crippen LogP contribution in [0.5, 0.6) is 0 Å². The van der Waals surface area contributed by atoms with Crippen molar-refractivity contribution in [1.29, 1.82) is 0 Å². The molecule has 0 radical (unpaired) electrons. The van der Waals surface area contributed by atoms with Crippen molar-refractivity contribution in [3.63, 3.8) is 0 Å². The van der Waals surface area contributed by atoms with E-state index in [9.17, 15) is 4.79 Å². The lowest BCUT2D eigenvalue weighted by Gasteiger charge is -2.20. The van der Waals surface area contributed by atoms with Gasteiger partial charge in [-0.25, -0.2) is 14.6 Å². The lowest BCUT2D eigenvalue weighted by atomic mass is 9.89. The van der Waals surface area contributed by atoms with E-state index in [1.807, 2.05) is 19.9 Å². The summed E-state index contributed by atoms with van der Waals surface area (Å²) in [5.41, 5.74) is 1.93. The third-order valence-corrected chi connectivity index (χ3v) is 4.11. The highest BCUT2D eigenvalue weighted by Crippen LogP contribution is 2.24. The number of nitrogens with one attached hydrogen (secondary N) is 1. The van der Waals surface area contributed by atoms with E-state index in [0.29, 0.717) is 11.6 Å². The first-order valence-corrected chi connectivity index (χ1v) is 7.80. The Morgan fingerprint density at radius 2 is 1.95 bits per heavy atom. The molecule has 0 saturated heterocycles. The fraction of sp³-hybridized carbons (Fsp3) is 0.500. The molecule has 1 saturated carbocycles. The van der Waals surface area contributed by atoms with E-state index >= 15 is 0 Å². The molecule has 22 heavy (non-hydrogen) atoms. The topological polar surface area (TPSA) is 72.7 Å². The molecule has 1 fully saturated rings. The predicted molar refractivity (Wildman–Crippen MR) is 83.8 cm³/mol. The summed E-state index contributed by atoms with van der Waals surface area (Å²) < 4.78 is 1.76. The fourth-order valence-corrected chi connectivity index (χ4v) is 2.99. The van der Waals surface area contributed by atoms with Crippen molar-refractivity contribution in [1.82, 2.24) is 19.7 Å². The van der Waals surface area contributed by atoms with Crippen LogP contribution in [-0.4, -0.2) is 25.7 Å². The maximum Gasteiger partial charge on any atom is 0.228 e. The van der Waals surface area contributed by atoms with Gasteiger partial charge in [0.15, 0.2) is 5.82 Å². The van der Waals surface area contributed by atoms with E-state index < -0.39 is 0 Å². The van der Waals surface area contributed by atoms with E-state index in [1.54, 1.807) is 10.7 Å². The number of hydrogen-bond donors (Lipinski definition) is 1. The lowest BCUT2D eigenvalue weighted by molar-refractivity contribution is -0.120. The van der Waals surface area contributed by atoms with Crippen LogP contribution in [0.15, 0.2) is 18.5 Å². The number of anilines is 1. The molecule has 1 amide bonds. The molecule has 3 rings (SSSR count). The van der Waals surface area contributed by atoms with Gasteiger partial charge in [0.05, 0.1) is 5.69 Å². The summed E-state index contributed by atoms with van der Waals surface area (Å²) in [5, 5.41) is 7.32. The van der Waals surface area contributed by atoms with Crippen molar-refractivity contribution in [2.75, 3.05) is 5.32 Å².